The van der Waals surface area contributed by atoms with Gasteiger partial charge in [-0.05, 0) is 44.7 Å². The maximum absolute atomic E-state index is 5.35. The van der Waals surface area contributed by atoms with Gasteiger partial charge in [-0.2, -0.15) is 0 Å². The Labute approximate surface area is 98.2 Å². The lowest BCUT2D eigenvalue weighted by atomic mass is 10.0. The summed E-state index contributed by atoms with van der Waals surface area (Å²) in [5.41, 5.74) is 1.56. The number of nitrogens with one attached hydrogen (secondary N) is 1. The second kappa shape index (κ2) is 7.05. The molecule has 3 nitrogen and oxygen atoms in total. The summed E-state index contributed by atoms with van der Waals surface area (Å²) in [5.74, 6) is 0.831. The summed E-state index contributed by atoms with van der Waals surface area (Å²) in [6.45, 7) is 5.90. The summed E-state index contributed by atoms with van der Waals surface area (Å²) in [6.07, 6.45) is 7.00. The van der Waals surface area contributed by atoms with Crippen LogP contribution in [0.5, 0.6) is 0 Å². The monoisotopic (exact) mass is 225 g/mol. The molecule has 2 heterocycles. The molecule has 0 aromatic carbocycles. The highest BCUT2D eigenvalue weighted by atomic mass is 16.5. The van der Waals surface area contributed by atoms with Crippen LogP contribution < -0.4 is 5.32 Å². The van der Waals surface area contributed by atoms with E-state index in [0.717, 1.165) is 51.9 Å². The molecule has 0 aromatic rings. The molecule has 3 heteroatoms. The van der Waals surface area contributed by atoms with Crippen molar-refractivity contribution in [1.29, 1.82) is 0 Å². The van der Waals surface area contributed by atoms with Gasteiger partial charge in [0, 0.05) is 13.2 Å². The molecule has 1 N–H and O–H groups in total. The van der Waals surface area contributed by atoms with Crippen LogP contribution in [0.4, 0.5) is 0 Å². The highest BCUT2D eigenvalue weighted by Gasteiger charge is 2.12. The molecular formula is C13H23NO2. The first-order valence-electron chi connectivity index (χ1n) is 6.49. The zero-order valence-electron chi connectivity index (χ0n) is 10.0. The second-order valence-electron chi connectivity index (χ2n) is 4.70. The smallest absolute Gasteiger partial charge is 0.0650 e. The third-order valence-electron chi connectivity index (χ3n) is 3.45. The molecule has 0 atom stereocenters. The van der Waals surface area contributed by atoms with Crippen LogP contribution in [0, 0.1) is 5.92 Å². The van der Waals surface area contributed by atoms with Gasteiger partial charge in [0.15, 0.2) is 0 Å². The minimum atomic E-state index is 0.815. The van der Waals surface area contributed by atoms with Crippen LogP contribution in [0.15, 0.2) is 11.6 Å². The zero-order valence-corrected chi connectivity index (χ0v) is 10.0. The second-order valence-corrected chi connectivity index (χ2v) is 4.70. The summed E-state index contributed by atoms with van der Waals surface area (Å²) >= 11 is 0. The number of rotatable bonds is 5. The minimum absolute atomic E-state index is 0.815. The molecule has 0 bridgehead atoms. The fourth-order valence-corrected chi connectivity index (χ4v) is 2.30. The Morgan fingerprint density at radius 2 is 2.06 bits per heavy atom. The van der Waals surface area contributed by atoms with Gasteiger partial charge < -0.3 is 14.8 Å². The Bertz CT molecular complexity index is 222. The third-order valence-corrected chi connectivity index (χ3v) is 3.45. The van der Waals surface area contributed by atoms with Gasteiger partial charge in [-0.3, -0.25) is 0 Å². The highest BCUT2D eigenvalue weighted by Crippen LogP contribution is 2.14. The van der Waals surface area contributed by atoms with E-state index in [2.05, 4.69) is 11.4 Å². The maximum Gasteiger partial charge on any atom is 0.0650 e. The van der Waals surface area contributed by atoms with E-state index in [-0.39, 0.29) is 0 Å². The van der Waals surface area contributed by atoms with E-state index in [1.165, 1.54) is 19.3 Å². The van der Waals surface area contributed by atoms with Crippen molar-refractivity contribution in [2.24, 2.45) is 5.92 Å². The van der Waals surface area contributed by atoms with E-state index in [1.807, 2.05) is 0 Å². The van der Waals surface area contributed by atoms with E-state index in [0.29, 0.717) is 0 Å². The van der Waals surface area contributed by atoms with Crippen LogP contribution in [0.3, 0.4) is 0 Å². The van der Waals surface area contributed by atoms with Gasteiger partial charge in [-0.15, -0.1) is 0 Å². The van der Waals surface area contributed by atoms with E-state index >= 15 is 0 Å². The standard InChI is InChI=1S/C13H23NO2/c1(12-2-7-15-8-3-12)6-14-11-13-4-9-16-10-5-13/h2,13-14H,1,3-11H2. The number of hydrogen-bond acceptors (Lipinski definition) is 3. The first-order chi connectivity index (χ1) is 7.95. The molecule has 92 valence electrons. The summed E-state index contributed by atoms with van der Waals surface area (Å²) in [6, 6.07) is 0. The van der Waals surface area contributed by atoms with E-state index in [4.69, 9.17) is 9.47 Å². The predicted octanol–water partition coefficient (Wildman–Crippen LogP) is 1.74. The Kier molecular flexibility index (Phi) is 5.32. The lowest BCUT2D eigenvalue weighted by molar-refractivity contribution is 0.0664. The normalized spacial score (nSPS) is 23.1. The molecular weight excluding hydrogens is 202 g/mol. The Morgan fingerprint density at radius 1 is 1.19 bits per heavy atom. The van der Waals surface area contributed by atoms with E-state index in [9.17, 15) is 0 Å². The summed E-state index contributed by atoms with van der Waals surface area (Å²) in [4.78, 5) is 0. The summed E-state index contributed by atoms with van der Waals surface area (Å²) < 4.78 is 10.6. The highest BCUT2D eigenvalue weighted by molar-refractivity contribution is 5.04. The molecule has 0 amide bonds. The summed E-state index contributed by atoms with van der Waals surface area (Å²) in [5, 5.41) is 3.57. The molecule has 2 aliphatic rings. The zero-order chi connectivity index (χ0) is 11.1. The molecule has 0 saturated carbocycles. The molecule has 0 aromatic heterocycles. The fraction of sp³-hybridized carbons (Fsp3) is 0.846. The Balaban J connectivity index is 1.52. The van der Waals surface area contributed by atoms with Gasteiger partial charge >= 0.3 is 0 Å². The minimum Gasteiger partial charge on any atom is -0.381 e. The van der Waals surface area contributed by atoms with Crippen LogP contribution in [0.25, 0.3) is 0 Å². The molecule has 0 spiro atoms. The van der Waals surface area contributed by atoms with Crippen molar-refractivity contribution in [3.63, 3.8) is 0 Å². The average Bonchev–Trinajstić information content (AvgIpc) is 2.37. The topological polar surface area (TPSA) is 30.5 Å². The maximum atomic E-state index is 5.35. The first kappa shape index (κ1) is 12.1. The van der Waals surface area contributed by atoms with Gasteiger partial charge in [-0.25, -0.2) is 0 Å². The van der Waals surface area contributed by atoms with Crippen LogP contribution in [0.2, 0.25) is 0 Å². The van der Waals surface area contributed by atoms with Crippen molar-refractivity contribution < 1.29 is 9.47 Å². The Hall–Kier alpha value is -0.380. The van der Waals surface area contributed by atoms with Gasteiger partial charge in [0.2, 0.25) is 0 Å². The van der Waals surface area contributed by atoms with Crippen LogP contribution in [-0.4, -0.2) is 39.5 Å². The van der Waals surface area contributed by atoms with Crippen molar-refractivity contribution in [3.8, 4) is 0 Å². The lowest BCUT2D eigenvalue weighted by Gasteiger charge is -2.22. The average molecular weight is 225 g/mol. The largest absolute Gasteiger partial charge is 0.381 e. The molecule has 0 radical (unpaired) electrons. The molecule has 0 aliphatic carbocycles. The summed E-state index contributed by atoms with van der Waals surface area (Å²) in [7, 11) is 0. The van der Waals surface area contributed by atoms with Gasteiger partial charge in [0.05, 0.1) is 13.2 Å². The van der Waals surface area contributed by atoms with Crippen molar-refractivity contribution >= 4 is 0 Å². The SMILES string of the molecule is C1=C(CCNCC2CCOCC2)CCOC1. The van der Waals surface area contributed by atoms with Crippen molar-refractivity contribution in [2.75, 3.05) is 39.5 Å². The fourth-order valence-electron chi connectivity index (χ4n) is 2.30. The van der Waals surface area contributed by atoms with Crippen LogP contribution in [-0.2, 0) is 9.47 Å². The Morgan fingerprint density at radius 3 is 2.81 bits per heavy atom. The molecule has 1 fully saturated rings. The van der Waals surface area contributed by atoms with Gasteiger partial charge in [0.25, 0.3) is 0 Å². The van der Waals surface area contributed by atoms with E-state index in [1.54, 1.807) is 5.57 Å². The molecule has 16 heavy (non-hydrogen) atoms. The quantitative estimate of drug-likeness (QED) is 0.571. The predicted molar refractivity (Wildman–Crippen MR) is 64.5 cm³/mol. The number of hydrogen-bond donors (Lipinski definition) is 1. The lowest BCUT2D eigenvalue weighted by Crippen LogP contribution is -2.28. The van der Waals surface area contributed by atoms with Crippen molar-refractivity contribution in [1.82, 2.24) is 5.32 Å². The molecule has 2 rings (SSSR count). The van der Waals surface area contributed by atoms with Gasteiger partial charge in [-0.1, -0.05) is 11.6 Å². The van der Waals surface area contributed by atoms with E-state index < -0.39 is 0 Å². The van der Waals surface area contributed by atoms with Crippen LogP contribution in [0.1, 0.15) is 25.7 Å². The number of ether oxygens (including phenoxy) is 2. The van der Waals surface area contributed by atoms with Gasteiger partial charge in [0.1, 0.15) is 0 Å². The third kappa shape index (κ3) is 4.24. The molecule has 2 aliphatic heterocycles. The molecule has 1 saturated heterocycles. The van der Waals surface area contributed by atoms with Crippen molar-refractivity contribution in [3.05, 3.63) is 11.6 Å². The molecule has 0 unspecified atom stereocenters. The van der Waals surface area contributed by atoms with Crippen LogP contribution >= 0.6 is 0 Å². The van der Waals surface area contributed by atoms with Crippen molar-refractivity contribution in [2.45, 2.75) is 25.7 Å². The first-order valence-corrected chi connectivity index (χ1v) is 6.49.